The van der Waals surface area contributed by atoms with Crippen molar-refractivity contribution >= 4 is 5.91 Å². The Bertz CT molecular complexity index is 157. The molecule has 3 nitrogen and oxygen atoms in total. The van der Waals surface area contributed by atoms with Gasteiger partial charge in [0, 0.05) is 17.8 Å². The third-order valence-electron chi connectivity index (χ3n) is 1.27. The van der Waals surface area contributed by atoms with Gasteiger partial charge in [-0.3, -0.25) is 4.79 Å². The maximum Gasteiger partial charge on any atom is 0.248 e. The predicted octanol–water partition coefficient (Wildman–Crippen LogP) is 0.375. The number of likely N-dealkylation sites (N-methyl/N-ethyl adjacent to an activating group) is 1. The van der Waals surface area contributed by atoms with Crippen molar-refractivity contribution in [1.82, 2.24) is 5.32 Å². The molecule has 0 spiro atoms. The van der Waals surface area contributed by atoms with Crippen LogP contribution in [0.15, 0.2) is 11.3 Å². The van der Waals surface area contributed by atoms with Gasteiger partial charge >= 0.3 is 0 Å². The molecule has 0 heterocycles. The molecule has 58 valence electrons. The third kappa shape index (κ3) is 2.53. The zero-order valence-electron chi connectivity index (χ0n) is 6.69. The number of carbonyl (C=O) groups excluding carboxylic acids is 1. The van der Waals surface area contributed by atoms with E-state index in [2.05, 4.69) is 5.32 Å². The van der Waals surface area contributed by atoms with Crippen molar-refractivity contribution in [2.75, 3.05) is 6.54 Å². The van der Waals surface area contributed by atoms with E-state index in [4.69, 9.17) is 5.73 Å². The van der Waals surface area contributed by atoms with Gasteiger partial charge in [-0.2, -0.15) is 0 Å². The molecule has 0 aromatic heterocycles. The van der Waals surface area contributed by atoms with E-state index in [1.165, 1.54) is 0 Å². The van der Waals surface area contributed by atoms with Crippen molar-refractivity contribution in [1.29, 1.82) is 0 Å². The molecular formula is C7H14N2O. The molecule has 0 atom stereocenters. The Morgan fingerprint density at radius 1 is 1.50 bits per heavy atom. The first-order chi connectivity index (χ1) is 4.59. The van der Waals surface area contributed by atoms with Crippen LogP contribution in [-0.2, 0) is 4.79 Å². The summed E-state index contributed by atoms with van der Waals surface area (Å²) in [6, 6.07) is 0. The minimum absolute atomic E-state index is 0.0810. The number of rotatable bonds is 2. The number of hydrogen-bond acceptors (Lipinski definition) is 2. The predicted molar refractivity (Wildman–Crippen MR) is 41.2 cm³/mol. The number of allylic oxidation sites excluding steroid dienone is 1. The lowest BCUT2D eigenvalue weighted by Crippen LogP contribution is -2.25. The van der Waals surface area contributed by atoms with E-state index in [1.54, 1.807) is 13.8 Å². The Kier molecular flexibility index (Phi) is 3.54. The first kappa shape index (κ1) is 9.01. The quantitative estimate of drug-likeness (QED) is 0.547. The van der Waals surface area contributed by atoms with Crippen LogP contribution in [0.2, 0.25) is 0 Å². The van der Waals surface area contributed by atoms with E-state index < -0.39 is 0 Å². The summed E-state index contributed by atoms with van der Waals surface area (Å²) in [5.41, 5.74) is 6.56. The summed E-state index contributed by atoms with van der Waals surface area (Å²) in [6.07, 6.45) is 0. The Morgan fingerprint density at radius 3 is 2.30 bits per heavy atom. The van der Waals surface area contributed by atoms with Crippen LogP contribution in [0.5, 0.6) is 0 Å². The average molecular weight is 142 g/mol. The van der Waals surface area contributed by atoms with Crippen LogP contribution in [0, 0.1) is 0 Å². The molecule has 0 saturated heterocycles. The molecular weight excluding hydrogens is 128 g/mol. The minimum atomic E-state index is -0.0810. The van der Waals surface area contributed by atoms with Crippen LogP contribution in [0.1, 0.15) is 20.8 Å². The van der Waals surface area contributed by atoms with Gasteiger partial charge in [-0.25, -0.2) is 0 Å². The number of carbonyl (C=O) groups is 1. The molecule has 0 fully saturated rings. The molecule has 0 bridgehead atoms. The van der Waals surface area contributed by atoms with Gasteiger partial charge in [0.1, 0.15) is 0 Å². The van der Waals surface area contributed by atoms with E-state index in [9.17, 15) is 4.79 Å². The summed E-state index contributed by atoms with van der Waals surface area (Å²) in [5, 5.41) is 2.65. The van der Waals surface area contributed by atoms with Gasteiger partial charge in [0.05, 0.1) is 0 Å². The number of hydrogen-bond donors (Lipinski definition) is 2. The van der Waals surface area contributed by atoms with Crippen molar-refractivity contribution in [3.8, 4) is 0 Å². The maximum atomic E-state index is 10.9. The van der Waals surface area contributed by atoms with Crippen LogP contribution < -0.4 is 11.1 Å². The fraction of sp³-hybridized carbons (Fsp3) is 0.571. The Balaban J connectivity index is 4.09. The van der Waals surface area contributed by atoms with E-state index >= 15 is 0 Å². The number of nitrogens with two attached hydrogens (primary N) is 1. The summed E-state index contributed by atoms with van der Waals surface area (Å²) >= 11 is 0. The molecule has 0 aliphatic rings. The van der Waals surface area contributed by atoms with E-state index in [1.807, 2.05) is 6.92 Å². The number of amides is 1. The highest BCUT2D eigenvalue weighted by Gasteiger charge is 2.02. The molecule has 0 aliphatic carbocycles. The first-order valence-electron chi connectivity index (χ1n) is 3.30. The Labute approximate surface area is 61.3 Å². The van der Waals surface area contributed by atoms with Crippen molar-refractivity contribution < 1.29 is 4.79 Å². The fourth-order valence-corrected chi connectivity index (χ4v) is 0.472. The second-order valence-electron chi connectivity index (χ2n) is 2.17. The van der Waals surface area contributed by atoms with Crippen LogP contribution in [0.4, 0.5) is 0 Å². The maximum absolute atomic E-state index is 10.9. The zero-order chi connectivity index (χ0) is 8.15. The van der Waals surface area contributed by atoms with E-state index in [0.717, 1.165) is 0 Å². The molecule has 3 N–H and O–H groups in total. The fourth-order valence-electron chi connectivity index (χ4n) is 0.472. The Morgan fingerprint density at radius 2 is 2.00 bits per heavy atom. The van der Waals surface area contributed by atoms with Gasteiger partial charge < -0.3 is 11.1 Å². The topological polar surface area (TPSA) is 55.1 Å². The van der Waals surface area contributed by atoms with Gasteiger partial charge in [0.2, 0.25) is 5.91 Å². The molecule has 0 aromatic carbocycles. The highest BCUT2D eigenvalue weighted by Crippen LogP contribution is 1.95. The lowest BCUT2D eigenvalue weighted by Gasteiger charge is -2.02. The van der Waals surface area contributed by atoms with Crippen LogP contribution >= 0.6 is 0 Å². The molecule has 0 radical (unpaired) electrons. The summed E-state index contributed by atoms with van der Waals surface area (Å²) in [5.74, 6) is -0.0810. The van der Waals surface area contributed by atoms with E-state index in [-0.39, 0.29) is 5.91 Å². The molecule has 0 aromatic rings. The van der Waals surface area contributed by atoms with E-state index in [0.29, 0.717) is 17.8 Å². The van der Waals surface area contributed by atoms with Gasteiger partial charge in [-0.05, 0) is 20.8 Å². The van der Waals surface area contributed by atoms with Gasteiger partial charge in [-0.15, -0.1) is 0 Å². The van der Waals surface area contributed by atoms with Gasteiger partial charge in [0.15, 0.2) is 0 Å². The second-order valence-corrected chi connectivity index (χ2v) is 2.17. The van der Waals surface area contributed by atoms with Crippen molar-refractivity contribution in [2.45, 2.75) is 20.8 Å². The van der Waals surface area contributed by atoms with Crippen molar-refractivity contribution in [3.63, 3.8) is 0 Å². The standard InChI is InChI=1S/C7H14N2O/c1-4-9-7(10)5(2)6(3)8/h4,8H2,1-3H3,(H,9,10)/b6-5-. The summed E-state index contributed by atoms with van der Waals surface area (Å²) < 4.78 is 0. The summed E-state index contributed by atoms with van der Waals surface area (Å²) in [4.78, 5) is 10.9. The summed E-state index contributed by atoms with van der Waals surface area (Å²) in [6.45, 7) is 5.94. The van der Waals surface area contributed by atoms with Crippen molar-refractivity contribution in [2.24, 2.45) is 5.73 Å². The van der Waals surface area contributed by atoms with Crippen LogP contribution in [0.25, 0.3) is 0 Å². The zero-order valence-corrected chi connectivity index (χ0v) is 6.69. The number of nitrogens with one attached hydrogen (secondary N) is 1. The van der Waals surface area contributed by atoms with Gasteiger partial charge in [0.25, 0.3) is 0 Å². The second kappa shape index (κ2) is 3.93. The largest absolute Gasteiger partial charge is 0.402 e. The molecule has 0 rings (SSSR count). The smallest absolute Gasteiger partial charge is 0.248 e. The normalized spacial score (nSPS) is 12.3. The molecule has 0 saturated carbocycles. The molecule has 1 amide bonds. The van der Waals surface area contributed by atoms with Crippen LogP contribution in [-0.4, -0.2) is 12.5 Å². The SMILES string of the molecule is CCNC(=O)/C(C)=C(/C)N. The Hall–Kier alpha value is -0.990. The first-order valence-corrected chi connectivity index (χ1v) is 3.30. The average Bonchev–Trinajstić information content (AvgIpc) is 1.87. The van der Waals surface area contributed by atoms with Gasteiger partial charge in [-0.1, -0.05) is 0 Å². The summed E-state index contributed by atoms with van der Waals surface area (Å²) in [7, 11) is 0. The molecule has 3 heteroatoms. The lowest BCUT2D eigenvalue weighted by molar-refractivity contribution is -0.117. The van der Waals surface area contributed by atoms with Crippen molar-refractivity contribution in [3.05, 3.63) is 11.3 Å². The molecule has 10 heavy (non-hydrogen) atoms. The highest BCUT2D eigenvalue weighted by atomic mass is 16.1. The third-order valence-corrected chi connectivity index (χ3v) is 1.27. The molecule has 0 aliphatic heterocycles. The monoisotopic (exact) mass is 142 g/mol. The lowest BCUT2D eigenvalue weighted by atomic mass is 10.2. The highest BCUT2D eigenvalue weighted by molar-refractivity contribution is 5.93. The van der Waals surface area contributed by atoms with Crippen LogP contribution in [0.3, 0.4) is 0 Å². The molecule has 0 unspecified atom stereocenters. The minimum Gasteiger partial charge on any atom is -0.402 e.